The molecule has 1 saturated heterocycles. The molecule has 0 radical (unpaired) electrons. The second kappa shape index (κ2) is 2.44. The van der Waals surface area contributed by atoms with Crippen molar-refractivity contribution in [2.24, 2.45) is 11.8 Å². The van der Waals surface area contributed by atoms with E-state index >= 15 is 0 Å². The lowest BCUT2D eigenvalue weighted by Crippen LogP contribution is -2.17. The maximum Gasteiger partial charge on any atom is 0.225 e. The zero-order chi connectivity index (χ0) is 9.71. The van der Waals surface area contributed by atoms with Gasteiger partial charge in [0.05, 0.1) is 11.8 Å². The van der Waals surface area contributed by atoms with Crippen molar-refractivity contribution in [3.8, 4) is 0 Å². The van der Waals surface area contributed by atoms with Crippen molar-refractivity contribution >= 4 is 11.7 Å². The quantitative estimate of drug-likeness (QED) is 0.606. The smallest absolute Gasteiger partial charge is 0.225 e. The monoisotopic (exact) mass is 187 g/mol. The molecule has 3 aliphatic rings. The molecular weight excluding hydrogens is 178 g/mol. The zero-order valence-corrected chi connectivity index (χ0v) is 7.49. The van der Waals surface area contributed by atoms with Crippen molar-refractivity contribution in [1.29, 1.82) is 0 Å². The molecule has 70 valence electrons. The fourth-order valence-corrected chi connectivity index (χ4v) is 2.36. The molecule has 3 heteroatoms. The van der Waals surface area contributed by atoms with E-state index in [2.05, 4.69) is 5.32 Å². The lowest BCUT2D eigenvalue weighted by molar-refractivity contribution is -0.125. The van der Waals surface area contributed by atoms with Crippen molar-refractivity contribution in [2.45, 2.75) is 6.42 Å². The van der Waals surface area contributed by atoms with Gasteiger partial charge in [0.25, 0.3) is 0 Å². The maximum atomic E-state index is 11.8. The summed E-state index contributed by atoms with van der Waals surface area (Å²) in [5.41, 5.74) is 1.82. The predicted molar refractivity (Wildman–Crippen MR) is 50.1 cm³/mol. The minimum absolute atomic E-state index is 0.0350. The Labute approximate surface area is 81.2 Å². The van der Waals surface area contributed by atoms with E-state index in [1.807, 2.05) is 24.3 Å². The molecular formula is C11H9NO2. The van der Waals surface area contributed by atoms with E-state index in [1.165, 1.54) is 0 Å². The van der Waals surface area contributed by atoms with Crippen LogP contribution >= 0.6 is 0 Å². The molecule has 0 aromatic carbocycles. The third-order valence-electron chi connectivity index (χ3n) is 3.00. The Kier molecular flexibility index (Phi) is 1.35. The van der Waals surface area contributed by atoms with Gasteiger partial charge >= 0.3 is 0 Å². The number of hydrogen-bond acceptors (Lipinski definition) is 2. The van der Waals surface area contributed by atoms with Crippen LogP contribution in [0, 0.1) is 11.8 Å². The highest BCUT2D eigenvalue weighted by Gasteiger charge is 2.44. The number of ketones is 1. The topological polar surface area (TPSA) is 46.2 Å². The van der Waals surface area contributed by atoms with Crippen LogP contribution in [0.4, 0.5) is 0 Å². The summed E-state index contributed by atoms with van der Waals surface area (Å²) in [6.07, 6.45) is 7.93. The molecule has 1 heterocycles. The summed E-state index contributed by atoms with van der Waals surface area (Å²) in [6.45, 7) is 0. The molecule has 0 saturated carbocycles. The summed E-state index contributed by atoms with van der Waals surface area (Å²) in [7, 11) is 0. The average Bonchev–Trinajstić information content (AvgIpc) is 2.68. The molecule has 0 aromatic heterocycles. The van der Waals surface area contributed by atoms with Gasteiger partial charge < -0.3 is 5.32 Å². The second-order valence-electron chi connectivity index (χ2n) is 3.80. The molecule has 2 aliphatic carbocycles. The van der Waals surface area contributed by atoms with E-state index in [4.69, 9.17) is 0 Å². The molecule has 1 fully saturated rings. The van der Waals surface area contributed by atoms with Crippen molar-refractivity contribution in [3.63, 3.8) is 0 Å². The van der Waals surface area contributed by atoms with Crippen LogP contribution in [0.2, 0.25) is 0 Å². The van der Waals surface area contributed by atoms with Crippen LogP contribution in [-0.4, -0.2) is 11.7 Å². The summed E-state index contributed by atoms with van der Waals surface area (Å²) in [5.74, 6) is -0.184. The third-order valence-corrected chi connectivity index (χ3v) is 3.00. The molecule has 0 bridgehead atoms. The van der Waals surface area contributed by atoms with Crippen molar-refractivity contribution in [2.75, 3.05) is 0 Å². The number of hydrogen-bond donors (Lipinski definition) is 1. The molecule has 1 amide bonds. The van der Waals surface area contributed by atoms with Gasteiger partial charge in [-0.05, 0) is 5.57 Å². The minimum atomic E-state index is -0.199. The fourth-order valence-electron chi connectivity index (χ4n) is 2.36. The highest BCUT2D eigenvalue weighted by Crippen LogP contribution is 2.40. The Morgan fingerprint density at radius 3 is 3.00 bits per heavy atom. The van der Waals surface area contributed by atoms with Gasteiger partial charge in [-0.3, -0.25) is 9.59 Å². The number of nitrogens with one attached hydrogen (secondary N) is 1. The van der Waals surface area contributed by atoms with Gasteiger partial charge in [0.1, 0.15) is 0 Å². The van der Waals surface area contributed by atoms with E-state index in [0.717, 1.165) is 11.3 Å². The lowest BCUT2D eigenvalue weighted by Gasteiger charge is -2.09. The molecule has 0 spiro atoms. The number of rotatable bonds is 0. The van der Waals surface area contributed by atoms with Gasteiger partial charge in [-0.2, -0.15) is 0 Å². The van der Waals surface area contributed by atoms with Crippen molar-refractivity contribution in [1.82, 2.24) is 5.32 Å². The van der Waals surface area contributed by atoms with Gasteiger partial charge in [-0.1, -0.05) is 24.3 Å². The van der Waals surface area contributed by atoms with E-state index in [9.17, 15) is 9.59 Å². The van der Waals surface area contributed by atoms with Crippen LogP contribution < -0.4 is 5.32 Å². The molecule has 1 N–H and O–H groups in total. The first-order chi connectivity index (χ1) is 6.77. The summed E-state index contributed by atoms with van der Waals surface area (Å²) in [4.78, 5) is 23.0. The SMILES string of the molecule is O=C1CC2C(=O)C3C=CC=CC3=C2N1. The second-order valence-corrected chi connectivity index (χ2v) is 3.80. The van der Waals surface area contributed by atoms with E-state index in [1.54, 1.807) is 0 Å². The predicted octanol–water partition coefficient (Wildman–Crippen LogP) is 0.702. The number of carbonyl (C=O) groups excluding carboxylic acids is 2. The Morgan fingerprint density at radius 1 is 1.29 bits per heavy atom. The van der Waals surface area contributed by atoms with Gasteiger partial charge in [0, 0.05) is 12.1 Å². The largest absolute Gasteiger partial charge is 0.329 e. The minimum Gasteiger partial charge on any atom is -0.329 e. The molecule has 2 atom stereocenters. The Morgan fingerprint density at radius 2 is 2.14 bits per heavy atom. The molecule has 1 aliphatic heterocycles. The summed E-state index contributed by atoms with van der Waals surface area (Å²) in [6, 6.07) is 0. The van der Waals surface area contributed by atoms with E-state index in [0.29, 0.717) is 6.42 Å². The van der Waals surface area contributed by atoms with Crippen molar-refractivity contribution < 1.29 is 9.59 Å². The summed E-state index contributed by atoms with van der Waals surface area (Å²) >= 11 is 0. The Hall–Kier alpha value is -1.64. The standard InChI is InChI=1S/C11H9NO2/c13-9-5-8-10(12-9)6-3-1-2-4-7(6)11(8)14/h1-4,7-8H,5H2,(H,12,13). The fraction of sp³-hybridized carbons (Fsp3) is 0.273. The lowest BCUT2D eigenvalue weighted by atomic mass is 9.93. The van der Waals surface area contributed by atoms with E-state index < -0.39 is 0 Å². The molecule has 0 aromatic rings. The Bertz CT molecular complexity index is 429. The van der Waals surface area contributed by atoms with Crippen LogP contribution in [0.5, 0.6) is 0 Å². The summed E-state index contributed by atoms with van der Waals surface area (Å²) < 4.78 is 0. The molecule has 14 heavy (non-hydrogen) atoms. The first-order valence-electron chi connectivity index (χ1n) is 4.70. The number of carbonyl (C=O) groups is 2. The van der Waals surface area contributed by atoms with Gasteiger partial charge in [0.2, 0.25) is 5.91 Å². The van der Waals surface area contributed by atoms with Crippen molar-refractivity contribution in [3.05, 3.63) is 35.6 Å². The third kappa shape index (κ3) is 0.816. The van der Waals surface area contributed by atoms with E-state index in [-0.39, 0.29) is 23.5 Å². The van der Waals surface area contributed by atoms with Crippen LogP contribution in [-0.2, 0) is 9.59 Å². The van der Waals surface area contributed by atoms with Gasteiger partial charge in [-0.25, -0.2) is 0 Å². The highest BCUT2D eigenvalue weighted by atomic mass is 16.2. The average molecular weight is 187 g/mol. The van der Waals surface area contributed by atoms with Gasteiger partial charge in [0.15, 0.2) is 5.78 Å². The molecule has 3 rings (SSSR count). The number of amides is 1. The highest BCUT2D eigenvalue weighted by molar-refractivity contribution is 6.01. The molecule has 2 unspecified atom stereocenters. The number of fused-ring (bicyclic) bond motifs is 2. The number of allylic oxidation sites excluding steroid dienone is 6. The van der Waals surface area contributed by atoms with Crippen LogP contribution in [0.3, 0.4) is 0 Å². The van der Waals surface area contributed by atoms with Crippen LogP contribution in [0.15, 0.2) is 35.6 Å². The summed E-state index contributed by atoms with van der Waals surface area (Å²) in [5, 5.41) is 2.78. The maximum absolute atomic E-state index is 11.8. The van der Waals surface area contributed by atoms with Crippen LogP contribution in [0.1, 0.15) is 6.42 Å². The Balaban J connectivity index is 2.13. The molecule has 3 nitrogen and oxygen atoms in total. The first kappa shape index (κ1) is 7.74. The normalized spacial score (nSPS) is 33.4. The van der Waals surface area contributed by atoms with Gasteiger partial charge in [-0.15, -0.1) is 0 Å². The first-order valence-corrected chi connectivity index (χ1v) is 4.70. The zero-order valence-electron chi connectivity index (χ0n) is 7.49. The van der Waals surface area contributed by atoms with Crippen LogP contribution in [0.25, 0.3) is 0 Å². The number of Topliss-reactive ketones (excluding diaryl/α,β-unsaturated/α-hetero) is 1.